The van der Waals surface area contributed by atoms with Gasteiger partial charge in [0.2, 0.25) is 11.8 Å². The van der Waals surface area contributed by atoms with E-state index >= 15 is 0 Å². The van der Waals surface area contributed by atoms with Gasteiger partial charge in [-0.15, -0.1) is 0 Å². The summed E-state index contributed by atoms with van der Waals surface area (Å²) in [6.45, 7) is 2.47. The fourth-order valence-corrected chi connectivity index (χ4v) is 3.04. The number of aryl methyl sites for hydroxylation is 1. The molecule has 2 aromatic rings. The van der Waals surface area contributed by atoms with E-state index < -0.39 is 11.8 Å². The Morgan fingerprint density at radius 2 is 1.79 bits per heavy atom. The number of nitrogens with zero attached hydrogens (tertiary/aromatic N) is 1. The van der Waals surface area contributed by atoms with E-state index in [2.05, 4.69) is 10.9 Å². The van der Waals surface area contributed by atoms with Gasteiger partial charge in [0.1, 0.15) is 5.75 Å². The first-order valence-corrected chi connectivity index (χ1v) is 9.12. The largest absolute Gasteiger partial charge is 0.483 e. The Morgan fingerprint density at radius 1 is 1.07 bits per heavy atom. The highest BCUT2D eigenvalue weighted by Crippen LogP contribution is 2.20. The Kier molecular flexibility index (Phi) is 6.26. The van der Waals surface area contributed by atoms with Gasteiger partial charge in [0.05, 0.1) is 5.92 Å². The average molecular weight is 381 g/mol. The molecule has 28 heavy (non-hydrogen) atoms. The van der Waals surface area contributed by atoms with E-state index in [1.165, 1.54) is 0 Å². The highest BCUT2D eigenvalue weighted by molar-refractivity contribution is 5.90. The normalized spacial score (nSPS) is 16.0. The van der Waals surface area contributed by atoms with Crippen LogP contribution < -0.4 is 15.6 Å². The van der Waals surface area contributed by atoms with Crippen LogP contribution in [0, 0.1) is 12.8 Å². The number of para-hydroxylation sites is 1. The second-order valence-corrected chi connectivity index (χ2v) is 6.75. The summed E-state index contributed by atoms with van der Waals surface area (Å²) in [5, 5.41) is 0. The summed E-state index contributed by atoms with van der Waals surface area (Å²) >= 11 is 0. The fourth-order valence-electron chi connectivity index (χ4n) is 3.04. The molecule has 2 N–H and O–H groups in total. The lowest BCUT2D eigenvalue weighted by molar-refractivity contribution is -0.132. The van der Waals surface area contributed by atoms with Crippen LogP contribution in [0.3, 0.4) is 0 Å². The van der Waals surface area contributed by atoms with Crippen molar-refractivity contribution in [3.05, 3.63) is 65.7 Å². The summed E-state index contributed by atoms with van der Waals surface area (Å²) < 4.78 is 5.43. The second-order valence-electron chi connectivity index (χ2n) is 6.75. The molecule has 1 aliphatic heterocycles. The first-order valence-electron chi connectivity index (χ1n) is 9.12. The van der Waals surface area contributed by atoms with E-state index in [1.807, 2.05) is 55.5 Å². The number of amides is 3. The minimum atomic E-state index is -0.492. The number of hydrazine groups is 1. The molecule has 0 spiro atoms. The van der Waals surface area contributed by atoms with Crippen molar-refractivity contribution >= 4 is 17.7 Å². The van der Waals surface area contributed by atoms with E-state index in [0.29, 0.717) is 18.8 Å². The van der Waals surface area contributed by atoms with Gasteiger partial charge in [0.15, 0.2) is 6.61 Å². The monoisotopic (exact) mass is 381 g/mol. The number of carbonyl (C=O) groups is 3. The third-order valence-corrected chi connectivity index (χ3v) is 4.58. The molecule has 0 bridgehead atoms. The van der Waals surface area contributed by atoms with Crippen LogP contribution in [-0.2, 0) is 20.9 Å². The van der Waals surface area contributed by atoms with Gasteiger partial charge in [-0.2, -0.15) is 0 Å². The molecule has 0 aromatic heterocycles. The Hall–Kier alpha value is -3.35. The van der Waals surface area contributed by atoms with Gasteiger partial charge in [0, 0.05) is 19.5 Å². The van der Waals surface area contributed by atoms with Gasteiger partial charge in [-0.1, -0.05) is 48.5 Å². The number of ether oxygens (including phenoxy) is 1. The molecule has 2 aromatic carbocycles. The zero-order chi connectivity index (χ0) is 19.9. The Balaban J connectivity index is 1.43. The number of carbonyl (C=O) groups excluding carboxylic acids is 3. The quantitative estimate of drug-likeness (QED) is 0.744. The van der Waals surface area contributed by atoms with Crippen LogP contribution in [-0.4, -0.2) is 35.8 Å². The van der Waals surface area contributed by atoms with Gasteiger partial charge in [-0.3, -0.25) is 25.2 Å². The van der Waals surface area contributed by atoms with Crippen LogP contribution in [0.2, 0.25) is 0 Å². The molecule has 1 unspecified atom stereocenters. The first-order chi connectivity index (χ1) is 13.5. The summed E-state index contributed by atoms with van der Waals surface area (Å²) in [7, 11) is 0. The first kappa shape index (κ1) is 19.4. The minimum Gasteiger partial charge on any atom is -0.483 e. The lowest BCUT2D eigenvalue weighted by Crippen LogP contribution is -2.46. The molecule has 0 aliphatic carbocycles. The van der Waals surface area contributed by atoms with Crippen molar-refractivity contribution in [2.24, 2.45) is 5.92 Å². The topological polar surface area (TPSA) is 87.7 Å². The highest BCUT2D eigenvalue weighted by Gasteiger charge is 2.34. The van der Waals surface area contributed by atoms with Gasteiger partial charge in [-0.25, -0.2) is 0 Å². The molecule has 1 fully saturated rings. The molecule has 1 atom stereocenters. The summed E-state index contributed by atoms with van der Waals surface area (Å²) in [6.07, 6.45) is 0.133. The van der Waals surface area contributed by atoms with Crippen LogP contribution >= 0.6 is 0 Å². The minimum absolute atomic E-state index is 0.0711. The maximum Gasteiger partial charge on any atom is 0.276 e. The fraction of sp³-hybridized carbons (Fsp3) is 0.286. The average Bonchev–Trinajstić information content (AvgIpc) is 3.06. The molecule has 1 heterocycles. The molecule has 1 saturated heterocycles. The molecule has 0 radical (unpaired) electrons. The van der Waals surface area contributed by atoms with Crippen molar-refractivity contribution < 1.29 is 19.1 Å². The van der Waals surface area contributed by atoms with E-state index in [9.17, 15) is 14.4 Å². The molecule has 146 valence electrons. The van der Waals surface area contributed by atoms with Gasteiger partial charge < -0.3 is 9.64 Å². The number of nitrogens with one attached hydrogen (secondary N) is 2. The molecule has 3 rings (SSSR count). The number of rotatable bonds is 6. The van der Waals surface area contributed by atoms with E-state index in [1.54, 1.807) is 11.0 Å². The Labute approximate surface area is 163 Å². The second kappa shape index (κ2) is 9.03. The SMILES string of the molecule is Cc1ccccc1OCC(=O)NNC(=O)C1CC(=O)N(Cc2ccccc2)C1. The zero-order valence-electron chi connectivity index (χ0n) is 15.7. The Bertz CT molecular complexity index is 854. The third-order valence-electron chi connectivity index (χ3n) is 4.58. The van der Waals surface area contributed by atoms with Gasteiger partial charge in [-0.05, 0) is 24.1 Å². The standard InChI is InChI=1S/C21H23N3O4/c1-15-7-5-6-10-18(15)28-14-19(25)22-23-21(27)17-11-20(26)24(13-17)12-16-8-3-2-4-9-16/h2-10,17H,11-14H2,1H3,(H,22,25)(H,23,27). The van der Waals surface area contributed by atoms with E-state index in [4.69, 9.17) is 4.74 Å². The van der Waals surface area contributed by atoms with Crippen LogP contribution in [0.5, 0.6) is 5.75 Å². The lowest BCUT2D eigenvalue weighted by atomic mass is 10.1. The van der Waals surface area contributed by atoms with Crippen molar-refractivity contribution in [2.75, 3.05) is 13.2 Å². The van der Waals surface area contributed by atoms with E-state index in [0.717, 1.165) is 11.1 Å². The summed E-state index contributed by atoms with van der Waals surface area (Å²) in [5.41, 5.74) is 6.65. The zero-order valence-corrected chi connectivity index (χ0v) is 15.7. The predicted octanol–water partition coefficient (Wildman–Crippen LogP) is 1.57. The van der Waals surface area contributed by atoms with Gasteiger partial charge in [0.25, 0.3) is 5.91 Å². The number of hydrogen-bond donors (Lipinski definition) is 2. The molecular formula is C21H23N3O4. The van der Waals surface area contributed by atoms with E-state index in [-0.39, 0.29) is 24.8 Å². The van der Waals surface area contributed by atoms with Crippen LogP contribution in [0.4, 0.5) is 0 Å². The lowest BCUT2D eigenvalue weighted by Gasteiger charge is -2.17. The summed E-state index contributed by atoms with van der Waals surface area (Å²) in [4.78, 5) is 38.0. The maximum atomic E-state index is 12.3. The van der Waals surface area contributed by atoms with Crippen molar-refractivity contribution in [3.63, 3.8) is 0 Å². The molecule has 1 aliphatic rings. The van der Waals surface area contributed by atoms with Crippen LogP contribution in [0.1, 0.15) is 17.5 Å². The van der Waals surface area contributed by atoms with Gasteiger partial charge >= 0.3 is 0 Å². The highest BCUT2D eigenvalue weighted by atomic mass is 16.5. The molecule has 0 saturated carbocycles. The summed E-state index contributed by atoms with van der Waals surface area (Å²) in [5.74, 6) is -0.802. The van der Waals surface area contributed by atoms with Crippen LogP contribution in [0.25, 0.3) is 0 Å². The van der Waals surface area contributed by atoms with Crippen molar-refractivity contribution in [1.29, 1.82) is 0 Å². The van der Waals surface area contributed by atoms with Crippen molar-refractivity contribution in [1.82, 2.24) is 15.8 Å². The molecule has 7 heteroatoms. The Morgan fingerprint density at radius 3 is 2.54 bits per heavy atom. The number of hydrogen-bond acceptors (Lipinski definition) is 4. The summed E-state index contributed by atoms with van der Waals surface area (Å²) in [6, 6.07) is 17.0. The van der Waals surface area contributed by atoms with Crippen molar-refractivity contribution in [3.8, 4) is 5.75 Å². The molecular weight excluding hydrogens is 358 g/mol. The molecule has 7 nitrogen and oxygen atoms in total. The number of benzene rings is 2. The van der Waals surface area contributed by atoms with Crippen molar-refractivity contribution in [2.45, 2.75) is 19.9 Å². The van der Waals surface area contributed by atoms with Crippen LogP contribution in [0.15, 0.2) is 54.6 Å². The number of likely N-dealkylation sites (tertiary alicyclic amines) is 1. The smallest absolute Gasteiger partial charge is 0.276 e. The molecule has 3 amide bonds. The third kappa shape index (κ3) is 5.09. The maximum absolute atomic E-state index is 12.3. The predicted molar refractivity (Wildman–Crippen MR) is 103 cm³/mol.